The molecule has 2 N–H and O–H groups in total. The summed E-state index contributed by atoms with van der Waals surface area (Å²) in [6.07, 6.45) is 3.03. The summed E-state index contributed by atoms with van der Waals surface area (Å²) in [6, 6.07) is 3.26. The van der Waals surface area contributed by atoms with Crippen molar-refractivity contribution in [3.05, 3.63) is 17.7 Å². The zero-order valence-electron chi connectivity index (χ0n) is 11.0. The van der Waals surface area contributed by atoms with Crippen LogP contribution in [0.1, 0.15) is 25.3 Å². The highest BCUT2D eigenvalue weighted by Crippen LogP contribution is 2.54. The minimum atomic E-state index is -3.32. The first-order valence-corrected chi connectivity index (χ1v) is 8.13. The molecule has 19 heavy (non-hydrogen) atoms. The van der Waals surface area contributed by atoms with Crippen LogP contribution in [0.4, 0.5) is 0 Å². The molecule has 3 rings (SSSR count). The van der Waals surface area contributed by atoms with E-state index in [1.54, 1.807) is 12.1 Å². The maximum Gasteiger partial charge on any atom is 0.231 e. The van der Waals surface area contributed by atoms with E-state index in [0.717, 1.165) is 18.4 Å². The van der Waals surface area contributed by atoms with Crippen molar-refractivity contribution >= 4 is 9.84 Å². The summed E-state index contributed by atoms with van der Waals surface area (Å²) >= 11 is 0. The highest BCUT2D eigenvalue weighted by Gasteiger charge is 2.50. The van der Waals surface area contributed by atoms with Crippen molar-refractivity contribution in [2.24, 2.45) is 5.73 Å². The van der Waals surface area contributed by atoms with Gasteiger partial charge in [-0.05, 0) is 31.4 Å². The van der Waals surface area contributed by atoms with Crippen molar-refractivity contribution < 1.29 is 17.9 Å². The number of fused-ring (bicyclic) bond motifs is 1. The average molecular weight is 283 g/mol. The van der Waals surface area contributed by atoms with Crippen LogP contribution in [0.2, 0.25) is 0 Å². The van der Waals surface area contributed by atoms with Crippen molar-refractivity contribution in [2.45, 2.75) is 36.1 Å². The highest BCUT2D eigenvalue weighted by molar-refractivity contribution is 7.90. The third kappa shape index (κ3) is 1.90. The fraction of sp³-hybridized carbons (Fsp3) is 0.538. The van der Waals surface area contributed by atoms with Gasteiger partial charge in [-0.25, -0.2) is 8.42 Å². The van der Waals surface area contributed by atoms with Gasteiger partial charge in [0.25, 0.3) is 0 Å². The lowest BCUT2D eigenvalue weighted by Crippen LogP contribution is -2.32. The van der Waals surface area contributed by atoms with E-state index >= 15 is 0 Å². The molecular formula is C13H17NO4S. The predicted molar refractivity (Wildman–Crippen MR) is 70.2 cm³/mol. The average Bonchev–Trinajstić information content (AvgIpc) is 3.00. The second-order valence-electron chi connectivity index (χ2n) is 5.42. The summed E-state index contributed by atoms with van der Waals surface area (Å²) in [6.45, 7) is 2.05. The summed E-state index contributed by atoms with van der Waals surface area (Å²) in [5.41, 5.74) is 6.59. The maximum atomic E-state index is 12.0. The van der Waals surface area contributed by atoms with Crippen LogP contribution in [0.3, 0.4) is 0 Å². The molecule has 1 fully saturated rings. The van der Waals surface area contributed by atoms with E-state index in [9.17, 15) is 8.42 Å². The van der Waals surface area contributed by atoms with Crippen LogP contribution in [-0.4, -0.2) is 27.5 Å². The number of rotatable bonds is 3. The molecule has 1 aliphatic carbocycles. The Kier molecular flexibility index (Phi) is 2.59. The van der Waals surface area contributed by atoms with Crippen molar-refractivity contribution in [3.8, 4) is 11.5 Å². The van der Waals surface area contributed by atoms with Crippen molar-refractivity contribution in [1.29, 1.82) is 0 Å². The normalized spacial score (nSPS) is 21.2. The lowest BCUT2D eigenvalue weighted by Gasteiger charge is -2.23. The van der Waals surface area contributed by atoms with Crippen LogP contribution in [0.5, 0.6) is 11.5 Å². The second-order valence-corrected chi connectivity index (χ2v) is 7.40. The minimum Gasteiger partial charge on any atom is -0.454 e. The van der Waals surface area contributed by atoms with E-state index in [1.165, 1.54) is 6.26 Å². The van der Waals surface area contributed by atoms with Gasteiger partial charge in [0.1, 0.15) is 0 Å². The third-order valence-electron chi connectivity index (χ3n) is 4.07. The molecule has 1 aromatic carbocycles. The standard InChI is InChI=1S/C13H17NO4S/c1-8(14)13(3-4-13)9-5-10-11(18-7-17-10)6-12(9)19(2,15)16/h5-6,8H,3-4,7,14H2,1-2H3. The number of ether oxygens (including phenoxy) is 2. The fourth-order valence-corrected chi connectivity index (χ4v) is 3.71. The van der Waals surface area contributed by atoms with E-state index < -0.39 is 9.84 Å². The molecule has 0 saturated heterocycles. The molecule has 0 aromatic heterocycles. The number of sulfone groups is 1. The molecule has 2 aliphatic rings. The van der Waals surface area contributed by atoms with Crippen LogP contribution >= 0.6 is 0 Å². The zero-order valence-corrected chi connectivity index (χ0v) is 11.8. The first-order valence-electron chi connectivity index (χ1n) is 6.24. The predicted octanol–water partition coefficient (Wildman–Crippen LogP) is 1.20. The molecule has 1 aromatic rings. The van der Waals surface area contributed by atoms with E-state index in [4.69, 9.17) is 15.2 Å². The van der Waals surface area contributed by atoms with Crippen LogP contribution < -0.4 is 15.2 Å². The van der Waals surface area contributed by atoms with Gasteiger partial charge in [0.15, 0.2) is 21.3 Å². The summed E-state index contributed by atoms with van der Waals surface area (Å²) in [5.74, 6) is 1.10. The van der Waals surface area contributed by atoms with Gasteiger partial charge in [-0.2, -0.15) is 0 Å². The van der Waals surface area contributed by atoms with E-state index in [0.29, 0.717) is 16.4 Å². The molecular weight excluding hydrogens is 266 g/mol. The van der Waals surface area contributed by atoms with Crippen LogP contribution in [0, 0.1) is 0 Å². The van der Waals surface area contributed by atoms with Crippen molar-refractivity contribution in [1.82, 2.24) is 0 Å². The molecule has 0 radical (unpaired) electrons. The quantitative estimate of drug-likeness (QED) is 0.901. The van der Waals surface area contributed by atoms with Crippen LogP contribution in [-0.2, 0) is 15.3 Å². The monoisotopic (exact) mass is 283 g/mol. The Hall–Kier alpha value is -1.27. The van der Waals surface area contributed by atoms with Gasteiger partial charge in [0, 0.05) is 23.8 Å². The maximum absolute atomic E-state index is 12.0. The molecule has 1 saturated carbocycles. The van der Waals surface area contributed by atoms with Gasteiger partial charge < -0.3 is 15.2 Å². The Labute approximate surface area is 112 Å². The molecule has 0 amide bonds. The van der Waals surface area contributed by atoms with E-state index in [2.05, 4.69) is 0 Å². The van der Waals surface area contributed by atoms with Crippen molar-refractivity contribution in [2.75, 3.05) is 13.0 Å². The van der Waals surface area contributed by atoms with Crippen LogP contribution in [0.15, 0.2) is 17.0 Å². The molecule has 1 atom stereocenters. The SMILES string of the molecule is CC(N)C1(c2cc3c(cc2S(C)(=O)=O)OCO3)CC1. The Morgan fingerprint density at radius 2 is 1.84 bits per heavy atom. The zero-order chi connectivity index (χ0) is 13.8. The molecule has 1 unspecified atom stereocenters. The molecule has 0 spiro atoms. The molecule has 6 heteroatoms. The summed E-state index contributed by atoms with van der Waals surface area (Å²) in [4.78, 5) is 0.312. The van der Waals surface area contributed by atoms with Crippen molar-refractivity contribution in [3.63, 3.8) is 0 Å². The Morgan fingerprint density at radius 3 is 2.32 bits per heavy atom. The molecule has 5 nitrogen and oxygen atoms in total. The molecule has 104 valence electrons. The topological polar surface area (TPSA) is 78.6 Å². The largest absolute Gasteiger partial charge is 0.454 e. The second kappa shape index (κ2) is 3.86. The van der Waals surface area contributed by atoms with E-state index in [1.807, 2.05) is 6.92 Å². The summed E-state index contributed by atoms with van der Waals surface area (Å²) in [7, 11) is -3.32. The number of benzene rings is 1. The minimum absolute atomic E-state index is 0.0895. The van der Waals surface area contributed by atoms with Gasteiger partial charge >= 0.3 is 0 Å². The number of nitrogens with two attached hydrogens (primary N) is 1. The van der Waals surface area contributed by atoms with Crippen LogP contribution in [0.25, 0.3) is 0 Å². The lowest BCUT2D eigenvalue weighted by molar-refractivity contribution is 0.174. The summed E-state index contributed by atoms with van der Waals surface area (Å²) in [5, 5.41) is 0. The first kappa shape index (κ1) is 12.7. The fourth-order valence-electron chi connectivity index (χ4n) is 2.72. The third-order valence-corrected chi connectivity index (χ3v) is 5.21. The number of hydrogen-bond acceptors (Lipinski definition) is 5. The smallest absolute Gasteiger partial charge is 0.231 e. The van der Waals surface area contributed by atoms with Gasteiger partial charge in [-0.3, -0.25) is 0 Å². The highest BCUT2D eigenvalue weighted by atomic mass is 32.2. The Bertz CT molecular complexity index is 632. The summed E-state index contributed by atoms with van der Waals surface area (Å²) < 4.78 is 34.6. The molecule has 1 heterocycles. The van der Waals surface area contributed by atoms with Gasteiger partial charge in [-0.1, -0.05) is 0 Å². The van der Waals surface area contributed by atoms with Gasteiger partial charge in [0.05, 0.1) is 4.90 Å². The molecule has 0 bridgehead atoms. The lowest BCUT2D eigenvalue weighted by atomic mass is 9.89. The van der Waals surface area contributed by atoms with Gasteiger partial charge in [-0.15, -0.1) is 0 Å². The molecule has 1 aliphatic heterocycles. The van der Waals surface area contributed by atoms with E-state index in [-0.39, 0.29) is 18.2 Å². The van der Waals surface area contributed by atoms with Gasteiger partial charge in [0.2, 0.25) is 6.79 Å². The Morgan fingerprint density at radius 1 is 1.26 bits per heavy atom. The number of hydrogen-bond donors (Lipinski definition) is 1. The first-order chi connectivity index (χ1) is 8.84. The Balaban J connectivity index is 2.23.